The van der Waals surface area contributed by atoms with Crippen molar-refractivity contribution >= 4 is 11.8 Å². The van der Waals surface area contributed by atoms with E-state index in [0.717, 1.165) is 0 Å². The van der Waals surface area contributed by atoms with Crippen molar-refractivity contribution in [1.82, 2.24) is 0 Å². The summed E-state index contributed by atoms with van der Waals surface area (Å²) in [5, 5.41) is 45.8. The second-order valence-corrected chi connectivity index (χ2v) is 9.78. The van der Waals surface area contributed by atoms with Gasteiger partial charge < -0.3 is 29.9 Å². The molecule has 0 unspecified atom stereocenters. The van der Waals surface area contributed by atoms with Crippen molar-refractivity contribution in [3.8, 4) is 0 Å². The molecule has 2 saturated heterocycles. The minimum atomic E-state index is -1.93. The number of allylic oxidation sites excluding steroid dienone is 1. The van der Waals surface area contributed by atoms with Gasteiger partial charge in [-0.25, -0.2) is 4.79 Å². The van der Waals surface area contributed by atoms with Gasteiger partial charge in [0.05, 0.1) is 11.5 Å². The van der Waals surface area contributed by atoms with Crippen LogP contribution in [0, 0.1) is 28.6 Å². The number of hydrogen-bond donors (Lipinski definition) is 4. The Bertz CT molecular complexity index is 838. The number of hydrogen-bond acceptors (Lipinski definition) is 8. The zero-order valence-electron chi connectivity index (χ0n) is 16.2. The molecule has 2 saturated carbocycles. The molecule has 2 heterocycles. The van der Waals surface area contributed by atoms with Crippen LogP contribution in [0.15, 0.2) is 11.6 Å². The van der Waals surface area contributed by atoms with Gasteiger partial charge >= 0.3 is 5.97 Å². The lowest BCUT2D eigenvalue weighted by atomic mass is 9.37. The Labute approximate surface area is 162 Å². The summed E-state index contributed by atoms with van der Waals surface area (Å²) in [4.78, 5) is 25.1. The molecule has 2 aliphatic heterocycles. The standard InChI is InChI=1S/C20H26O8/c1-7-5-10(21)14(23)17(3)9(7)6-19(25)18(4)13(17)11(22)12-8(2)20(18,26)15(28-19)16(24)27-12/h5,8-9,11-15,22-23,25-26H,6H2,1-4H3/t8-,9-,11-,12+,13+,14+,15-,17-,18-,19+,20-/m0/s1. The molecule has 0 aromatic rings. The molecule has 0 amide bonds. The van der Waals surface area contributed by atoms with Gasteiger partial charge in [-0.2, -0.15) is 0 Å². The van der Waals surface area contributed by atoms with Crippen molar-refractivity contribution < 1.29 is 39.5 Å². The van der Waals surface area contributed by atoms with Gasteiger partial charge in [0.2, 0.25) is 0 Å². The molecule has 28 heavy (non-hydrogen) atoms. The summed E-state index contributed by atoms with van der Waals surface area (Å²) in [5.74, 6) is -5.35. The van der Waals surface area contributed by atoms with E-state index >= 15 is 0 Å². The first-order chi connectivity index (χ1) is 12.9. The summed E-state index contributed by atoms with van der Waals surface area (Å²) < 4.78 is 11.2. The molecule has 5 aliphatic rings. The van der Waals surface area contributed by atoms with Gasteiger partial charge in [0.1, 0.15) is 17.8 Å². The van der Waals surface area contributed by atoms with Crippen LogP contribution in [-0.4, -0.2) is 68.0 Å². The van der Waals surface area contributed by atoms with Crippen LogP contribution >= 0.6 is 0 Å². The van der Waals surface area contributed by atoms with E-state index in [2.05, 4.69) is 0 Å². The van der Waals surface area contributed by atoms with E-state index in [9.17, 15) is 30.0 Å². The van der Waals surface area contributed by atoms with Crippen LogP contribution in [0.1, 0.15) is 34.1 Å². The van der Waals surface area contributed by atoms with Crippen LogP contribution in [0.4, 0.5) is 0 Å². The van der Waals surface area contributed by atoms with Gasteiger partial charge in [-0.3, -0.25) is 4.79 Å². The molecule has 8 heteroatoms. The molecule has 8 nitrogen and oxygen atoms in total. The Balaban J connectivity index is 1.83. The third-order valence-electron chi connectivity index (χ3n) is 8.99. The van der Waals surface area contributed by atoms with Gasteiger partial charge in [-0.05, 0) is 18.9 Å². The molecule has 2 bridgehead atoms. The SMILES string of the molecule is CC1=CC(=O)[C@@H](O)[C@]2(C)[C@H]3[C@@H](O)[C@@H]4OC(=O)[C@@H]5O[C@](O)(C[C@@H]12)[C@@]3(C)[C@]5(O)[C@H]4C. The van der Waals surface area contributed by atoms with E-state index in [1.54, 1.807) is 27.7 Å². The summed E-state index contributed by atoms with van der Waals surface area (Å²) in [6.45, 7) is 6.71. The van der Waals surface area contributed by atoms with Crippen molar-refractivity contribution in [2.24, 2.45) is 28.6 Å². The molecule has 0 aromatic heterocycles. The second kappa shape index (κ2) is 4.87. The fourth-order valence-electron chi connectivity index (χ4n) is 7.56. The highest BCUT2D eigenvalue weighted by molar-refractivity contribution is 5.96. The fraction of sp³-hybridized carbons (Fsp3) is 0.800. The molecular formula is C20H26O8. The number of rotatable bonds is 0. The van der Waals surface area contributed by atoms with E-state index in [4.69, 9.17) is 9.47 Å². The Hall–Kier alpha value is -1.32. The van der Waals surface area contributed by atoms with Crippen molar-refractivity contribution in [2.45, 2.75) is 69.9 Å². The first-order valence-corrected chi connectivity index (χ1v) is 9.77. The monoisotopic (exact) mass is 394 g/mol. The second-order valence-electron chi connectivity index (χ2n) is 9.78. The predicted molar refractivity (Wildman–Crippen MR) is 92.4 cm³/mol. The number of ether oxygens (including phenoxy) is 2. The molecule has 5 rings (SSSR count). The molecular weight excluding hydrogens is 368 g/mol. The number of carbonyl (C=O) groups excluding carboxylic acids is 2. The highest BCUT2D eigenvalue weighted by Crippen LogP contribution is 2.75. The number of aliphatic hydroxyl groups excluding tert-OH is 2. The number of carbonyl (C=O) groups is 2. The summed E-state index contributed by atoms with van der Waals surface area (Å²) in [5.41, 5.74) is -3.82. The summed E-state index contributed by atoms with van der Waals surface area (Å²) >= 11 is 0. The zero-order valence-corrected chi connectivity index (χ0v) is 16.2. The lowest BCUT2D eigenvalue weighted by Crippen LogP contribution is -2.81. The minimum absolute atomic E-state index is 0.0145. The Kier molecular flexibility index (Phi) is 3.25. The maximum Gasteiger partial charge on any atom is 0.338 e. The number of ketones is 1. The number of aliphatic hydroxyl groups is 4. The third kappa shape index (κ3) is 1.54. The smallest absolute Gasteiger partial charge is 0.338 e. The van der Waals surface area contributed by atoms with Crippen LogP contribution < -0.4 is 0 Å². The first-order valence-electron chi connectivity index (χ1n) is 9.77. The fourth-order valence-corrected chi connectivity index (χ4v) is 7.56. The van der Waals surface area contributed by atoms with Crippen molar-refractivity contribution in [2.75, 3.05) is 0 Å². The summed E-state index contributed by atoms with van der Waals surface area (Å²) in [6.07, 6.45) is -3.79. The summed E-state index contributed by atoms with van der Waals surface area (Å²) in [6, 6.07) is 0. The van der Waals surface area contributed by atoms with Gasteiger partial charge in [0.15, 0.2) is 17.7 Å². The van der Waals surface area contributed by atoms with Gasteiger partial charge in [-0.15, -0.1) is 0 Å². The largest absolute Gasteiger partial charge is 0.457 e. The van der Waals surface area contributed by atoms with Crippen molar-refractivity contribution in [1.29, 1.82) is 0 Å². The average Bonchev–Trinajstić information content (AvgIpc) is 2.81. The quantitative estimate of drug-likeness (QED) is 0.396. The van der Waals surface area contributed by atoms with Gasteiger partial charge in [0.25, 0.3) is 0 Å². The first kappa shape index (κ1) is 18.7. The molecule has 4 fully saturated rings. The predicted octanol–water partition coefficient (Wildman–Crippen LogP) is -0.721. The molecule has 0 spiro atoms. The third-order valence-corrected chi connectivity index (χ3v) is 8.99. The van der Waals surface area contributed by atoms with Gasteiger partial charge in [-0.1, -0.05) is 26.3 Å². The average molecular weight is 394 g/mol. The van der Waals surface area contributed by atoms with Crippen LogP contribution in [0.25, 0.3) is 0 Å². The van der Waals surface area contributed by atoms with E-state index in [1.165, 1.54) is 6.08 Å². The highest BCUT2D eigenvalue weighted by Gasteiger charge is 2.87. The molecule has 154 valence electrons. The summed E-state index contributed by atoms with van der Waals surface area (Å²) in [7, 11) is 0. The molecule has 3 aliphatic carbocycles. The topological polar surface area (TPSA) is 134 Å². The van der Waals surface area contributed by atoms with Crippen LogP contribution in [-0.2, 0) is 19.1 Å². The van der Waals surface area contributed by atoms with Crippen LogP contribution in [0.5, 0.6) is 0 Å². The molecule has 4 N–H and O–H groups in total. The normalized spacial score (nSPS) is 62.1. The number of esters is 1. The van der Waals surface area contributed by atoms with Crippen LogP contribution in [0.3, 0.4) is 0 Å². The van der Waals surface area contributed by atoms with E-state index in [0.29, 0.717) is 5.57 Å². The Morgan fingerprint density at radius 2 is 1.82 bits per heavy atom. The molecule has 0 radical (unpaired) electrons. The Morgan fingerprint density at radius 3 is 2.46 bits per heavy atom. The van der Waals surface area contributed by atoms with Gasteiger partial charge in [0, 0.05) is 23.7 Å². The van der Waals surface area contributed by atoms with Crippen molar-refractivity contribution in [3.05, 3.63) is 11.6 Å². The Morgan fingerprint density at radius 1 is 1.18 bits per heavy atom. The number of fused-ring (bicyclic) bond motifs is 3. The maximum atomic E-state index is 12.6. The lowest BCUT2D eigenvalue weighted by molar-refractivity contribution is -0.351. The molecule has 0 aromatic carbocycles. The minimum Gasteiger partial charge on any atom is -0.457 e. The zero-order chi connectivity index (χ0) is 20.6. The maximum absolute atomic E-state index is 12.6. The van der Waals surface area contributed by atoms with E-state index in [1.807, 2.05) is 0 Å². The van der Waals surface area contributed by atoms with E-state index in [-0.39, 0.29) is 6.42 Å². The van der Waals surface area contributed by atoms with Crippen LogP contribution in [0.2, 0.25) is 0 Å². The van der Waals surface area contributed by atoms with Crippen molar-refractivity contribution in [3.63, 3.8) is 0 Å². The molecule has 11 atom stereocenters. The highest BCUT2D eigenvalue weighted by atomic mass is 16.7. The lowest BCUT2D eigenvalue weighted by Gasteiger charge is -2.69. The van der Waals surface area contributed by atoms with E-state index < -0.39 is 76.1 Å².